The molecule has 52 valence electrons. The summed E-state index contributed by atoms with van der Waals surface area (Å²) in [6, 6.07) is 0. The molecule has 0 radical (unpaired) electrons. The molecule has 0 bridgehead atoms. The summed E-state index contributed by atoms with van der Waals surface area (Å²) in [7, 11) is 1.48. The molecule has 1 atom stereocenters. The van der Waals surface area contributed by atoms with Gasteiger partial charge in [0.05, 0.1) is 6.61 Å². The molecule has 0 N–H and O–H groups in total. The Morgan fingerprint density at radius 3 is 2.67 bits per heavy atom. The lowest BCUT2D eigenvalue weighted by molar-refractivity contribution is -0.186. The lowest BCUT2D eigenvalue weighted by Gasteiger charge is -2.18. The molecule has 1 fully saturated rings. The van der Waals surface area contributed by atoms with Crippen LogP contribution in [0.25, 0.3) is 0 Å². The molecule has 0 amide bonds. The highest BCUT2D eigenvalue weighted by atomic mass is 16.7. The van der Waals surface area contributed by atoms with Crippen molar-refractivity contribution in [2.24, 2.45) is 0 Å². The first-order chi connectivity index (χ1) is 4.19. The Labute approximate surface area is 53.9 Å². The Hall–Kier alpha value is -0.410. The summed E-state index contributed by atoms with van der Waals surface area (Å²) in [4.78, 5) is 10.9. The van der Waals surface area contributed by atoms with Crippen molar-refractivity contribution in [1.82, 2.24) is 0 Å². The number of hydrogen-bond acceptors (Lipinski definition) is 3. The predicted octanol–water partition coefficient (Wildman–Crippen LogP) is 0.338. The fourth-order valence-corrected chi connectivity index (χ4v) is 0.819. The van der Waals surface area contributed by atoms with Gasteiger partial charge in [-0.05, 0) is 6.92 Å². The van der Waals surface area contributed by atoms with Gasteiger partial charge in [-0.25, -0.2) is 0 Å². The molecule has 3 nitrogen and oxygen atoms in total. The second-order valence-electron chi connectivity index (χ2n) is 2.17. The summed E-state index contributed by atoms with van der Waals surface area (Å²) in [6.45, 7) is 2.13. The normalized spacial score (nSPS) is 35.6. The number of carbonyl (C=O) groups excluding carboxylic acids is 1. The summed E-state index contributed by atoms with van der Waals surface area (Å²) in [5.74, 6) is -0.912. The number of ketones is 1. The second kappa shape index (κ2) is 2.08. The summed E-state index contributed by atoms with van der Waals surface area (Å²) < 4.78 is 9.87. The van der Waals surface area contributed by atoms with Crippen LogP contribution in [-0.4, -0.2) is 25.3 Å². The highest BCUT2D eigenvalue weighted by molar-refractivity contribution is 5.87. The standard InChI is InChI=1S/C6H10O3/c1-6(8-2)5(7)3-4-9-6/h3-4H2,1-2H3. The largest absolute Gasteiger partial charge is 0.347 e. The van der Waals surface area contributed by atoms with Gasteiger partial charge in [-0.2, -0.15) is 0 Å². The number of ether oxygens (including phenoxy) is 2. The highest BCUT2D eigenvalue weighted by Gasteiger charge is 2.38. The lowest BCUT2D eigenvalue weighted by atomic mass is 10.2. The summed E-state index contributed by atoms with van der Waals surface area (Å²) >= 11 is 0. The van der Waals surface area contributed by atoms with Crippen LogP contribution >= 0.6 is 0 Å². The van der Waals surface area contributed by atoms with Crippen molar-refractivity contribution in [3.05, 3.63) is 0 Å². The van der Waals surface area contributed by atoms with Crippen molar-refractivity contribution in [3.8, 4) is 0 Å². The predicted molar refractivity (Wildman–Crippen MR) is 31.0 cm³/mol. The monoisotopic (exact) mass is 130 g/mol. The molecular formula is C6H10O3. The van der Waals surface area contributed by atoms with Crippen LogP contribution in [0.5, 0.6) is 0 Å². The molecule has 9 heavy (non-hydrogen) atoms. The van der Waals surface area contributed by atoms with Crippen LogP contribution in [0.4, 0.5) is 0 Å². The molecule has 1 rings (SSSR count). The van der Waals surface area contributed by atoms with E-state index in [-0.39, 0.29) is 5.78 Å². The molecule has 3 heteroatoms. The third-order valence-corrected chi connectivity index (χ3v) is 1.60. The van der Waals surface area contributed by atoms with Crippen molar-refractivity contribution < 1.29 is 14.3 Å². The maximum absolute atomic E-state index is 10.9. The van der Waals surface area contributed by atoms with E-state index in [1.807, 2.05) is 0 Å². The number of hydrogen-bond donors (Lipinski definition) is 0. The molecule has 0 aromatic rings. The minimum absolute atomic E-state index is 0.0324. The summed E-state index contributed by atoms with van der Waals surface area (Å²) in [5, 5.41) is 0. The fraction of sp³-hybridized carbons (Fsp3) is 0.833. The maximum atomic E-state index is 10.9. The van der Waals surface area contributed by atoms with Gasteiger partial charge in [-0.15, -0.1) is 0 Å². The van der Waals surface area contributed by atoms with Crippen LogP contribution in [0.2, 0.25) is 0 Å². The van der Waals surface area contributed by atoms with Gasteiger partial charge in [0.25, 0.3) is 0 Å². The first-order valence-electron chi connectivity index (χ1n) is 2.91. The van der Waals surface area contributed by atoms with Gasteiger partial charge >= 0.3 is 0 Å². The van der Waals surface area contributed by atoms with Gasteiger partial charge in [0.15, 0.2) is 5.78 Å². The van der Waals surface area contributed by atoms with Crippen molar-refractivity contribution in [2.45, 2.75) is 19.1 Å². The van der Waals surface area contributed by atoms with Crippen LogP contribution in [0.1, 0.15) is 13.3 Å². The van der Waals surface area contributed by atoms with E-state index in [4.69, 9.17) is 9.47 Å². The molecule has 0 aliphatic carbocycles. The Morgan fingerprint density at radius 1 is 1.78 bits per heavy atom. The molecule has 0 aromatic heterocycles. The SMILES string of the molecule is COC1(C)OCCC1=O. The summed E-state index contributed by atoms with van der Waals surface area (Å²) in [5.41, 5.74) is 0. The molecule has 1 heterocycles. The Kier molecular flexibility index (Phi) is 1.55. The first kappa shape index (κ1) is 6.71. The highest BCUT2D eigenvalue weighted by Crippen LogP contribution is 2.21. The van der Waals surface area contributed by atoms with Crippen molar-refractivity contribution in [2.75, 3.05) is 13.7 Å². The minimum Gasteiger partial charge on any atom is -0.347 e. The molecule has 1 saturated heterocycles. The molecule has 0 spiro atoms. The zero-order valence-electron chi connectivity index (χ0n) is 5.64. The molecule has 1 unspecified atom stereocenters. The summed E-state index contributed by atoms with van der Waals surface area (Å²) in [6.07, 6.45) is 0.477. The van der Waals surface area contributed by atoms with E-state index >= 15 is 0 Å². The van der Waals surface area contributed by atoms with Gasteiger partial charge in [0.1, 0.15) is 0 Å². The van der Waals surface area contributed by atoms with E-state index in [1.54, 1.807) is 6.92 Å². The third-order valence-electron chi connectivity index (χ3n) is 1.60. The van der Waals surface area contributed by atoms with E-state index in [2.05, 4.69) is 0 Å². The van der Waals surface area contributed by atoms with E-state index in [9.17, 15) is 4.79 Å². The Balaban J connectivity index is 2.67. The fourth-order valence-electron chi connectivity index (χ4n) is 0.819. The number of carbonyl (C=O) groups is 1. The van der Waals surface area contributed by atoms with Gasteiger partial charge in [-0.1, -0.05) is 0 Å². The second-order valence-corrected chi connectivity index (χ2v) is 2.17. The molecular weight excluding hydrogens is 120 g/mol. The molecule has 0 aromatic carbocycles. The Bertz CT molecular complexity index is 132. The van der Waals surface area contributed by atoms with E-state index < -0.39 is 5.79 Å². The van der Waals surface area contributed by atoms with Crippen molar-refractivity contribution in [1.29, 1.82) is 0 Å². The van der Waals surface area contributed by atoms with E-state index in [0.717, 1.165) is 0 Å². The zero-order chi connectivity index (χ0) is 6.91. The van der Waals surface area contributed by atoms with Crippen molar-refractivity contribution in [3.63, 3.8) is 0 Å². The first-order valence-corrected chi connectivity index (χ1v) is 2.91. The molecule has 0 saturated carbocycles. The number of rotatable bonds is 1. The van der Waals surface area contributed by atoms with Crippen LogP contribution in [-0.2, 0) is 14.3 Å². The van der Waals surface area contributed by atoms with E-state index in [1.165, 1.54) is 7.11 Å². The van der Waals surface area contributed by atoms with Gasteiger partial charge < -0.3 is 9.47 Å². The molecule has 1 aliphatic rings. The smallest absolute Gasteiger partial charge is 0.225 e. The van der Waals surface area contributed by atoms with Crippen LogP contribution in [0, 0.1) is 0 Å². The zero-order valence-corrected chi connectivity index (χ0v) is 5.64. The van der Waals surface area contributed by atoms with Gasteiger partial charge in [0, 0.05) is 13.5 Å². The minimum atomic E-state index is -0.944. The third kappa shape index (κ3) is 0.976. The van der Waals surface area contributed by atoms with Crippen LogP contribution in [0.3, 0.4) is 0 Å². The van der Waals surface area contributed by atoms with Crippen LogP contribution in [0.15, 0.2) is 0 Å². The number of methoxy groups -OCH3 is 1. The van der Waals surface area contributed by atoms with Crippen molar-refractivity contribution >= 4 is 5.78 Å². The van der Waals surface area contributed by atoms with Crippen LogP contribution < -0.4 is 0 Å². The quantitative estimate of drug-likeness (QED) is 0.513. The van der Waals surface area contributed by atoms with Gasteiger partial charge in [0.2, 0.25) is 5.79 Å². The lowest BCUT2D eigenvalue weighted by Crippen LogP contribution is -2.33. The Morgan fingerprint density at radius 2 is 2.44 bits per heavy atom. The molecule has 1 aliphatic heterocycles. The number of Topliss-reactive ketones (excluding diaryl/α,β-unsaturated/α-hetero) is 1. The van der Waals surface area contributed by atoms with E-state index in [0.29, 0.717) is 13.0 Å². The average Bonchev–Trinajstić information content (AvgIpc) is 2.15. The maximum Gasteiger partial charge on any atom is 0.225 e. The van der Waals surface area contributed by atoms with Gasteiger partial charge in [-0.3, -0.25) is 4.79 Å². The topological polar surface area (TPSA) is 35.5 Å². The average molecular weight is 130 g/mol.